The molecule has 5 heteroatoms. The molecule has 3 aliphatic rings. The van der Waals surface area contributed by atoms with Gasteiger partial charge in [0.25, 0.3) is 0 Å². The number of ether oxygens (including phenoxy) is 2. The van der Waals surface area contributed by atoms with E-state index in [0.717, 1.165) is 69.5 Å². The van der Waals surface area contributed by atoms with Gasteiger partial charge < -0.3 is 19.7 Å². The van der Waals surface area contributed by atoms with Crippen molar-refractivity contribution >= 4 is 11.7 Å². The fourth-order valence-electron chi connectivity index (χ4n) is 4.47. The minimum Gasteiger partial charge on any atom is -0.495 e. The Hall–Kier alpha value is -1.75. The number of benzene rings is 1. The first-order chi connectivity index (χ1) is 11.8. The lowest BCUT2D eigenvalue weighted by Crippen LogP contribution is -2.44. The summed E-state index contributed by atoms with van der Waals surface area (Å²) >= 11 is 0. The summed E-state index contributed by atoms with van der Waals surface area (Å²) < 4.78 is 11.3. The second-order valence-corrected chi connectivity index (χ2v) is 7.02. The Kier molecular flexibility index (Phi) is 4.35. The van der Waals surface area contributed by atoms with Gasteiger partial charge in [0.05, 0.1) is 24.9 Å². The monoisotopic (exact) mass is 330 g/mol. The maximum atomic E-state index is 13.0. The molecule has 0 bridgehead atoms. The van der Waals surface area contributed by atoms with Crippen LogP contribution in [0.3, 0.4) is 0 Å². The second kappa shape index (κ2) is 6.63. The van der Waals surface area contributed by atoms with E-state index in [2.05, 4.69) is 11.4 Å². The van der Waals surface area contributed by atoms with E-state index in [1.165, 1.54) is 11.1 Å². The smallest absolute Gasteiger partial charge is 0.322 e. The highest BCUT2D eigenvalue weighted by Gasteiger charge is 2.37. The lowest BCUT2D eigenvalue weighted by atomic mass is 10.1. The first-order valence-corrected chi connectivity index (χ1v) is 9.16. The standard InChI is InChI=1S/C19H26N2O3/c1-23-17-10-9-13-5-2-6-14(13)18(17)20-19(22)21-11-3-7-15(21)16-8-4-12-24-16/h9-10,15-16H,2-8,11-12H2,1H3,(H,20,22). The van der Waals surface area contributed by atoms with Crippen molar-refractivity contribution in [1.82, 2.24) is 4.90 Å². The molecule has 2 aliphatic heterocycles. The first kappa shape index (κ1) is 15.8. The van der Waals surface area contributed by atoms with Crippen molar-refractivity contribution in [3.8, 4) is 5.75 Å². The molecule has 2 heterocycles. The fraction of sp³-hybridized carbons (Fsp3) is 0.632. The summed E-state index contributed by atoms with van der Waals surface area (Å²) in [5.41, 5.74) is 3.45. The Labute approximate surface area is 143 Å². The van der Waals surface area contributed by atoms with Gasteiger partial charge in [-0.15, -0.1) is 0 Å². The molecule has 2 fully saturated rings. The van der Waals surface area contributed by atoms with Crippen LogP contribution >= 0.6 is 0 Å². The summed E-state index contributed by atoms with van der Waals surface area (Å²) in [6, 6.07) is 4.31. The molecule has 4 rings (SSSR count). The van der Waals surface area contributed by atoms with Crippen molar-refractivity contribution < 1.29 is 14.3 Å². The zero-order chi connectivity index (χ0) is 16.5. The minimum atomic E-state index is -0.00778. The van der Waals surface area contributed by atoms with Crippen molar-refractivity contribution in [3.05, 3.63) is 23.3 Å². The molecule has 1 aromatic rings. The molecule has 2 atom stereocenters. The molecule has 1 aromatic carbocycles. The Morgan fingerprint density at radius 3 is 2.96 bits per heavy atom. The predicted molar refractivity (Wildman–Crippen MR) is 92.7 cm³/mol. The SMILES string of the molecule is COc1ccc2c(c1NC(=O)N1CCCC1C1CCCO1)CCC2. The number of amides is 2. The number of fused-ring (bicyclic) bond motifs is 1. The third-order valence-corrected chi connectivity index (χ3v) is 5.65. The van der Waals surface area contributed by atoms with Gasteiger partial charge in [0.2, 0.25) is 0 Å². The van der Waals surface area contributed by atoms with Crippen molar-refractivity contribution in [3.63, 3.8) is 0 Å². The van der Waals surface area contributed by atoms with Crippen LogP contribution in [0.2, 0.25) is 0 Å². The summed E-state index contributed by atoms with van der Waals surface area (Å²) in [6.07, 6.45) is 7.73. The van der Waals surface area contributed by atoms with E-state index in [9.17, 15) is 4.79 Å². The number of carbonyl (C=O) groups is 1. The molecule has 130 valence electrons. The molecule has 1 N–H and O–H groups in total. The van der Waals surface area contributed by atoms with Crippen molar-refractivity contribution in [2.24, 2.45) is 0 Å². The minimum absolute atomic E-state index is 0.00778. The number of hydrogen-bond acceptors (Lipinski definition) is 3. The van der Waals surface area contributed by atoms with Crippen molar-refractivity contribution in [2.45, 2.75) is 57.1 Å². The average molecular weight is 330 g/mol. The number of urea groups is 1. The van der Waals surface area contributed by atoms with Crippen LogP contribution in [-0.4, -0.2) is 43.3 Å². The van der Waals surface area contributed by atoms with Gasteiger partial charge in [-0.25, -0.2) is 4.79 Å². The summed E-state index contributed by atoms with van der Waals surface area (Å²) in [7, 11) is 1.66. The molecular formula is C19H26N2O3. The third kappa shape index (κ3) is 2.75. The number of hydrogen-bond donors (Lipinski definition) is 1. The van der Waals surface area contributed by atoms with E-state index in [0.29, 0.717) is 0 Å². The third-order valence-electron chi connectivity index (χ3n) is 5.65. The van der Waals surface area contributed by atoms with Crippen LogP contribution in [0.5, 0.6) is 5.75 Å². The Balaban J connectivity index is 1.55. The molecule has 5 nitrogen and oxygen atoms in total. The number of carbonyl (C=O) groups excluding carboxylic acids is 1. The van der Waals surface area contributed by atoms with Crippen molar-refractivity contribution in [2.75, 3.05) is 25.6 Å². The van der Waals surface area contributed by atoms with Gasteiger partial charge in [-0.2, -0.15) is 0 Å². The zero-order valence-electron chi connectivity index (χ0n) is 14.3. The van der Waals surface area contributed by atoms with Gasteiger partial charge in [-0.1, -0.05) is 6.07 Å². The van der Waals surface area contributed by atoms with Gasteiger partial charge in [0, 0.05) is 13.2 Å². The van der Waals surface area contributed by atoms with Crippen LogP contribution in [0.25, 0.3) is 0 Å². The summed E-state index contributed by atoms with van der Waals surface area (Å²) in [5, 5.41) is 3.16. The molecule has 0 aromatic heterocycles. The predicted octanol–water partition coefficient (Wildman–Crippen LogP) is 3.36. The molecule has 0 saturated carbocycles. The Morgan fingerprint density at radius 1 is 1.25 bits per heavy atom. The molecule has 0 radical (unpaired) electrons. The number of nitrogens with one attached hydrogen (secondary N) is 1. The molecule has 24 heavy (non-hydrogen) atoms. The number of nitrogens with zero attached hydrogens (tertiary/aromatic N) is 1. The number of methoxy groups -OCH3 is 1. The first-order valence-electron chi connectivity index (χ1n) is 9.16. The van der Waals surface area contributed by atoms with Crippen LogP contribution in [0.1, 0.15) is 43.2 Å². The van der Waals surface area contributed by atoms with Crippen molar-refractivity contribution in [1.29, 1.82) is 0 Å². The maximum absolute atomic E-state index is 13.0. The summed E-state index contributed by atoms with van der Waals surface area (Å²) in [5.74, 6) is 0.761. The van der Waals surface area contributed by atoms with Gasteiger partial charge in [0.1, 0.15) is 5.75 Å². The van der Waals surface area contributed by atoms with E-state index < -0.39 is 0 Å². The highest BCUT2D eigenvalue weighted by Crippen LogP contribution is 2.37. The largest absolute Gasteiger partial charge is 0.495 e. The lowest BCUT2D eigenvalue weighted by molar-refractivity contribution is 0.0543. The van der Waals surface area contributed by atoms with E-state index >= 15 is 0 Å². The Morgan fingerprint density at radius 2 is 2.17 bits per heavy atom. The molecule has 2 saturated heterocycles. The lowest BCUT2D eigenvalue weighted by Gasteiger charge is -2.29. The van der Waals surface area contributed by atoms with Crippen LogP contribution in [0.4, 0.5) is 10.5 Å². The molecule has 1 aliphatic carbocycles. The molecule has 2 unspecified atom stereocenters. The van der Waals surface area contributed by atoms with E-state index in [1.807, 2.05) is 11.0 Å². The van der Waals surface area contributed by atoms with E-state index in [1.54, 1.807) is 7.11 Å². The van der Waals surface area contributed by atoms with Gasteiger partial charge in [-0.3, -0.25) is 0 Å². The van der Waals surface area contributed by atoms with Crippen LogP contribution in [0.15, 0.2) is 12.1 Å². The highest BCUT2D eigenvalue weighted by atomic mass is 16.5. The topological polar surface area (TPSA) is 50.8 Å². The maximum Gasteiger partial charge on any atom is 0.322 e. The molecular weight excluding hydrogens is 304 g/mol. The number of likely N-dealkylation sites (tertiary alicyclic amines) is 1. The number of rotatable bonds is 3. The Bertz CT molecular complexity index is 625. The van der Waals surface area contributed by atoms with Gasteiger partial charge in [-0.05, 0) is 62.1 Å². The van der Waals surface area contributed by atoms with Crippen LogP contribution < -0.4 is 10.1 Å². The highest BCUT2D eigenvalue weighted by molar-refractivity contribution is 5.93. The summed E-state index contributed by atoms with van der Waals surface area (Å²) in [6.45, 7) is 1.64. The summed E-state index contributed by atoms with van der Waals surface area (Å²) in [4.78, 5) is 14.9. The molecule has 0 spiro atoms. The fourth-order valence-corrected chi connectivity index (χ4v) is 4.47. The normalized spacial score (nSPS) is 25.8. The van der Waals surface area contributed by atoms with E-state index in [4.69, 9.17) is 9.47 Å². The van der Waals surface area contributed by atoms with Gasteiger partial charge in [0.15, 0.2) is 0 Å². The number of anilines is 1. The average Bonchev–Trinajstić information content (AvgIpc) is 3.33. The van der Waals surface area contributed by atoms with Crippen LogP contribution in [-0.2, 0) is 17.6 Å². The van der Waals surface area contributed by atoms with E-state index in [-0.39, 0.29) is 18.2 Å². The zero-order valence-corrected chi connectivity index (χ0v) is 14.3. The number of aryl methyl sites for hydroxylation is 1. The molecule has 2 amide bonds. The van der Waals surface area contributed by atoms with Gasteiger partial charge >= 0.3 is 6.03 Å². The quantitative estimate of drug-likeness (QED) is 0.924. The van der Waals surface area contributed by atoms with Crippen LogP contribution in [0, 0.1) is 0 Å². The second-order valence-electron chi connectivity index (χ2n) is 7.02.